The topological polar surface area (TPSA) is 55.4 Å². The van der Waals surface area contributed by atoms with Crippen LogP contribution in [0.5, 0.6) is 5.75 Å². The molecular formula is C12H12F3NO3. The molecule has 104 valence electrons. The molecule has 1 aromatic carbocycles. The highest BCUT2D eigenvalue weighted by Gasteiger charge is 2.39. The summed E-state index contributed by atoms with van der Waals surface area (Å²) in [6.07, 6.45) is -3.88. The molecule has 0 radical (unpaired) electrons. The lowest BCUT2D eigenvalue weighted by Gasteiger charge is -2.13. The summed E-state index contributed by atoms with van der Waals surface area (Å²) in [5.41, 5.74) is -0.0401. The molecule has 7 heteroatoms. The van der Waals surface area contributed by atoms with Crippen LogP contribution in [0.1, 0.15) is 23.7 Å². The van der Waals surface area contributed by atoms with Crippen molar-refractivity contribution in [3.63, 3.8) is 0 Å². The van der Waals surface area contributed by atoms with Gasteiger partial charge in [-0.25, -0.2) is 0 Å². The van der Waals surface area contributed by atoms with E-state index in [2.05, 4.69) is 0 Å². The summed E-state index contributed by atoms with van der Waals surface area (Å²) < 4.78 is 41.7. The molecule has 0 bridgehead atoms. The fourth-order valence-corrected chi connectivity index (χ4v) is 1.25. The van der Waals surface area contributed by atoms with Gasteiger partial charge in [-0.15, -0.1) is 0 Å². The minimum absolute atomic E-state index is 0.0880. The van der Waals surface area contributed by atoms with Gasteiger partial charge in [-0.2, -0.15) is 13.2 Å². The molecule has 1 N–H and O–H groups in total. The Kier molecular flexibility index (Phi) is 4.91. The first-order chi connectivity index (χ1) is 8.88. The average molecular weight is 275 g/mol. The number of aldehydes is 1. The lowest BCUT2D eigenvalue weighted by Crippen LogP contribution is -2.30. The van der Waals surface area contributed by atoms with E-state index in [-0.39, 0.29) is 23.6 Å². The van der Waals surface area contributed by atoms with E-state index in [1.165, 1.54) is 12.1 Å². The van der Waals surface area contributed by atoms with Crippen LogP contribution in [0.2, 0.25) is 0 Å². The zero-order valence-corrected chi connectivity index (χ0v) is 10.1. The maximum absolute atomic E-state index is 12.2. The SMILES string of the molecule is CCCOc1ccc(C=O)cc1NC(=O)C(F)(F)F. The first kappa shape index (κ1) is 15.0. The molecule has 0 saturated carbocycles. The molecule has 0 saturated heterocycles. The summed E-state index contributed by atoms with van der Waals surface area (Å²) in [5, 5.41) is 1.69. The molecule has 0 aromatic heterocycles. The smallest absolute Gasteiger partial charge is 0.471 e. The van der Waals surface area contributed by atoms with E-state index >= 15 is 0 Å². The Labute approximate surface area is 107 Å². The molecule has 0 atom stereocenters. The van der Waals surface area contributed by atoms with Gasteiger partial charge in [-0.1, -0.05) is 6.92 Å². The summed E-state index contributed by atoms with van der Waals surface area (Å²) >= 11 is 0. The van der Waals surface area contributed by atoms with E-state index in [1.807, 2.05) is 6.92 Å². The van der Waals surface area contributed by atoms with Crippen LogP contribution in [0.3, 0.4) is 0 Å². The van der Waals surface area contributed by atoms with Crippen molar-refractivity contribution in [2.45, 2.75) is 19.5 Å². The van der Waals surface area contributed by atoms with E-state index in [4.69, 9.17) is 4.74 Å². The first-order valence-electron chi connectivity index (χ1n) is 5.48. The Hall–Kier alpha value is -2.05. The number of nitrogens with one attached hydrogen (secondary N) is 1. The number of carbonyl (C=O) groups excluding carboxylic acids is 2. The van der Waals surface area contributed by atoms with E-state index in [0.29, 0.717) is 12.7 Å². The minimum Gasteiger partial charge on any atom is -0.491 e. The summed E-state index contributed by atoms with van der Waals surface area (Å²) in [6.45, 7) is 2.11. The third-order valence-electron chi connectivity index (χ3n) is 2.11. The number of rotatable bonds is 5. The number of halogens is 3. The molecule has 0 aliphatic rings. The highest BCUT2D eigenvalue weighted by atomic mass is 19.4. The highest BCUT2D eigenvalue weighted by Crippen LogP contribution is 2.27. The Morgan fingerprint density at radius 3 is 2.63 bits per heavy atom. The molecule has 4 nitrogen and oxygen atoms in total. The lowest BCUT2D eigenvalue weighted by atomic mass is 10.2. The van der Waals surface area contributed by atoms with Gasteiger partial charge < -0.3 is 10.1 Å². The number of anilines is 1. The number of ether oxygens (including phenoxy) is 1. The fraction of sp³-hybridized carbons (Fsp3) is 0.333. The number of amides is 1. The molecule has 0 fully saturated rings. The Balaban J connectivity index is 3.00. The van der Waals surface area contributed by atoms with Gasteiger partial charge in [0, 0.05) is 5.56 Å². The van der Waals surface area contributed by atoms with Gasteiger partial charge in [0.15, 0.2) is 0 Å². The number of carbonyl (C=O) groups is 2. The quantitative estimate of drug-likeness (QED) is 0.841. The average Bonchev–Trinajstić information content (AvgIpc) is 2.36. The van der Waals surface area contributed by atoms with E-state index < -0.39 is 12.1 Å². The Bertz CT molecular complexity index is 472. The normalized spacial score (nSPS) is 10.9. The Morgan fingerprint density at radius 2 is 2.11 bits per heavy atom. The number of alkyl halides is 3. The van der Waals surface area contributed by atoms with Gasteiger partial charge in [0.1, 0.15) is 12.0 Å². The molecule has 19 heavy (non-hydrogen) atoms. The van der Waals surface area contributed by atoms with Gasteiger partial charge in [0.25, 0.3) is 0 Å². The summed E-state index contributed by atoms with van der Waals surface area (Å²) in [6, 6.07) is 3.86. The van der Waals surface area contributed by atoms with Crippen LogP contribution in [0.25, 0.3) is 0 Å². The molecule has 1 rings (SSSR count). The molecular weight excluding hydrogens is 263 g/mol. The van der Waals surface area contributed by atoms with Crippen molar-refractivity contribution in [2.75, 3.05) is 11.9 Å². The van der Waals surface area contributed by atoms with Gasteiger partial charge in [-0.05, 0) is 24.6 Å². The zero-order chi connectivity index (χ0) is 14.5. The maximum atomic E-state index is 12.2. The van der Waals surface area contributed by atoms with Crippen molar-refractivity contribution in [2.24, 2.45) is 0 Å². The highest BCUT2D eigenvalue weighted by molar-refractivity contribution is 5.97. The van der Waals surface area contributed by atoms with Crippen molar-refractivity contribution in [3.8, 4) is 5.75 Å². The second-order valence-electron chi connectivity index (χ2n) is 3.67. The fourth-order valence-electron chi connectivity index (χ4n) is 1.25. The molecule has 1 amide bonds. The van der Waals surface area contributed by atoms with E-state index in [1.54, 1.807) is 5.32 Å². The predicted molar refractivity (Wildman–Crippen MR) is 62.3 cm³/mol. The third kappa shape index (κ3) is 4.27. The van der Waals surface area contributed by atoms with Crippen LogP contribution in [0.15, 0.2) is 18.2 Å². The second-order valence-corrected chi connectivity index (χ2v) is 3.67. The monoisotopic (exact) mass is 275 g/mol. The lowest BCUT2D eigenvalue weighted by molar-refractivity contribution is -0.167. The van der Waals surface area contributed by atoms with Gasteiger partial charge in [0.2, 0.25) is 0 Å². The van der Waals surface area contributed by atoms with Crippen molar-refractivity contribution in [1.29, 1.82) is 0 Å². The minimum atomic E-state index is -5.00. The standard InChI is InChI=1S/C12H12F3NO3/c1-2-5-19-10-4-3-8(7-17)6-9(10)16-11(18)12(13,14)15/h3-4,6-7H,2,5H2,1H3,(H,16,18). The first-order valence-corrected chi connectivity index (χ1v) is 5.48. The van der Waals surface area contributed by atoms with Crippen LogP contribution in [-0.4, -0.2) is 25.0 Å². The largest absolute Gasteiger partial charge is 0.491 e. The third-order valence-corrected chi connectivity index (χ3v) is 2.11. The number of benzene rings is 1. The number of hydrogen-bond acceptors (Lipinski definition) is 3. The second kappa shape index (κ2) is 6.21. The Morgan fingerprint density at radius 1 is 1.42 bits per heavy atom. The van der Waals surface area contributed by atoms with Gasteiger partial charge in [0.05, 0.1) is 12.3 Å². The van der Waals surface area contributed by atoms with E-state index in [9.17, 15) is 22.8 Å². The number of hydrogen-bond donors (Lipinski definition) is 1. The van der Waals surface area contributed by atoms with Crippen LogP contribution >= 0.6 is 0 Å². The van der Waals surface area contributed by atoms with Crippen molar-refractivity contribution >= 4 is 17.9 Å². The molecule has 0 unspecified atom stereocenters. The van der Waals surface area contributed by atoms with E-state index in [0.717, 1.165) is 6.07 Å². The summed E-state index contributed by atoms with van der Waals surface area (Å²) in [5.74, 6) is -2.03. The van der Waals surface area contributed by atoms with Crippen LogP contribution in [0.4, 0.5) is 18.9 Å². The predicted octanol–water partition coefficient (Wildman–Crippen LogP) is 2.79. The van der Waals surface area contributed by atoms with Crippen LogP contribution < -0.4 is 10.1 Å². The molecule has 0 aliphatic carbocycles. The van der Waals surface area contributed by atoms with Crippen LogP contribution in [0, 0.1) is 0 Å². The summed E-state index contributed by atoms with van der Waals surface area (Å²) in [7, 11) is 0. The van der Waals surface area contributed by atoms with Crippen LogP contribution in [-0.2, 0) is 4.79 Å². The molecule has 1 aromatic rings. The van der Waals surface area contributed by atoms with Gasteiger partial charge in [-0.3, -0.25) is 9.59 Å². The summed E-state index contributed by atoms with van der Waals surface area (Å²) in [4.78, 5) is 21.5. The van der Waals surface area contributed by atoms with Crippen molar-refractivity contribution in [3.05, 3.63) is 23.8 Å². The maximum Gasteiger partial charge on any atom is 0.471 e. The van der Waals surface area contributed by atoms with Crippen molar-refractivity contribution < 1.29 is 27.5 Å². The molecule has 0 aliphatic heterocycles. The molecule has 0 spiro atoms. The van der Waals surface area contributed by atoms with Gasteiger partial charge >= 0.3 is 12.1 Å². The zero-order valence-electron chi connectivity index (χ0n) is 10.1. The molecule has 0 heterocycles. The van der Waals surface area contributed by atoms with Crippen molar-refractivity contribution in [1.82, 2.24) is 0 Å².